The van der Waals surface area contributed by atoms with Crippen LogP contribution in [0.25, 0.3) is 0 Å². The van der Waals surface area contributed by atoms with E-state index in [2.05, 4.69) is 32.7 Å². The number of rotatable bonds is 5. The molecule has 0 aliphatic carbocycles. The van der Waals surface area contributed by atoms with Crippen molar-refractivity contribution in [3.8, 4) is 0 Å². The highest BCUT2D eigenvalue weighted by Crippen LogP contribution is 2.39. The van der Waals surface area contributed by atoms with Gasteiger partial charge in [-0.3, -0.25) is 4.98 Å². The van der Waals surface area contributed by atoms with Crippen LogP contribution in [0.15, 0.2) is 24.4 Å². The van der Waals surface area contributed by atoms with Crippen LogP contribution < -0.4 is 0 Å². The van der Waals surface area contributed by atoms with Crippen LogP contribution in [-0.2, 0) is 5.60 Å². The molecule has 0 saturated carbocycles. The molecule has 1 atom stereocenters. The van der Waals surface area contributed by atoms with Gasteiger partial charge in [-0.05, 0) is 24.0 Å². The molecule has 2 nitrogen and oxygen atoms in total. The number of aromatic nitrogens is 1. The summed E-state index contributed by atoms with van der Waals surface area (Å²) in [6.07, 6.45) is 3.70. The van der Waals surface area contributed by atoms with E-state index in [0.29, 0.717) is 0 Å². The molecular weight excluding hydrogens is 198 g/mol. The Bertz CT molecular complexity index is 306. The van der Waals surface area contributed by atoms with Gasteiger partial charge in [0, 0.05) is 6.20 Å². The van der Waals surface area contributed by atoms with Gasteiger partial charge in [0.1, 0.15) is 5.60 Å². The number of nitrogens with zero attached hydrogens (tertiary/aromatic N) is 1. The summed E-state index contributed by atoms with van der Waals surface area (Å²) in [4.78, 5) is 4.34. The zero-order chi connectivity index (χ0) is 12.2. The van der Waals surface area contributed by atoms with E-state index in [-0.39, 0.29) is 11.8 Å². The molecule has 0 aliphatic rings. The predicted molar refractivity (Wildman–Crippen MR) is 67.0 cm³/mol. The quantitative estimate of drug-likeness (QED) is 0.827. The number of aliphatic hydroxyl groups is 1. The fraction of sp³-hybridized carbons (Fsp3) is 0.643. The first-order chi connectivity index (χ1) is 7.57. The van der Waals surface area contributed by atoms with Crippen LogP contribution in [-0.4, -0.2) is 10.1 Å². The number of pyridine rings is 1. The molecule has 0 saturated heterocycles. The van der Waals surface area contributed by atoms with E-state index in [0.717, 1.165) is 18.5 Å². The van der Waals surface area contributed by atoms with E-state index in [1.807, 2.05) is 18.2 Å². The highest BCUT2D eigenvalue weighted by molar-refractivity contribution is 5.15. The summed E-state index contributed by atoms with van der Waals surface area (Å²) in [6, 6.07) is 5.76. The van der Waals surface area contributed by atoms with E-state index in [9.17, 15) is 5.11 Å². The molecular formula is C14H23NO. The largest absolute Gasteiger partial charge is 0.383 e. The summed E-state index contributed by atoms with van der Waals surface area (Å²) in [5.41, 5.74) is 0.00352. The fourth-order valence-electron chi connectivity index (χ4n) is 2.49. The van der Waals surface area contributed by atoms with E-state index >= 15 is 0 Å². The second-order valence-electron chi connectivity index (χ2n) is 4.71. The minimum absolute atomic E-state index is 0.173. The number of hydrogen-bond donors (Lipinski definition) is 1. The van der Waals surface area contributed by atoms with Gasteiger partial charge in [0.05, 0.1) is 5.69 Å². The molecule has 0 bridgehead atoms. The van der Waals surface area contributed by atoms with Gasteiger partial charge in [-0.25, -0.2) is 0 Å². The number of hydrogen-bond acceptors (Lipinski definition) is 2. The second kappa shape index (κ2) is 5.44. The lowest BCUT2D eigenvalue weighted by Crippen LogP contribution is -2.40. The topological polar surface area (TPSA) is 33.1 Å². The van der Waals surface area contributed by atoms with Gasteiger partial charge in [-0.15, -0.1) is 0 Å². The minimum atomic E-state index is -0.801. The van der Waals surface area contributed by atoms with Gasteiger partial charge < -0.3 is 5.11 Å². The summed E-state index contributed by atoms with van der Waals surface area (Å²) in [6.45, 7) is 8.38. The molecule has 0 radical (unpaired) electrons. The van der Waals surface area contributed by atoms with Crippen molar-refractivity contribution in [2.24, 2.45) is 11.8 Å². The van der Waals surface area contributed by atoms with Gasteiger partial charge in [0.15, 0.2) is 0 Å². The summed E-state index contributed by atoms with van der Waals surface area (Å²) in [7, 11) is 0. The average molecular weight is 221 g/mol. The Kier molecular flexibility index (Phi) is 4.48. The van der Waals surface area contributed by atoms with Gasteiger partial charge in [-0.2, -0.15) is 0 Å². The highest BCUT2D eigenvalue weighted by Gasteiger charge is 2.40. The standard InChI is InChI=1S/C14H23NO/c1-5-12(6-2)14(16,11(3)4)13-9-7-8-10-15-13/h7-12,16H,5-6H2,1-4H3/t14-/m0/s1. The lowest BCUT2D eigenvalue weighted by Gasteiger charge is -2.38. The monoisotopic (exact) mass is 221 g/mol. The molecule has 1 aromatic heterocycles. The molecule has 0 aliphatic heterocycles. The van der Waals surface area contributed by atoms with Crippen LogP contribution in [0.1, 0.15) is 46.2 Å². The Balaban J connectivity index is 3.16. The van der Waals surface area contributed by atoms with E-state index in [4.69, 9.17) is 0 Å². The molecule has 0 fully saturated rings. The molecule has 0 amide bonds. The van der Waals surface area contributed by atoms with Crippen LogP contribution in [0, 0.1) is 11.8 Å². The van der Waals surface area contributed by atoms with Gasteiger partial charge in [-0.1, -0.05) is 46.6 Å². The van der Waals surface area contributed by atoms with Crippen LogP contribution in [0.4, 0.5) is 0 Å². The molecule has 0 unspecified atom stereocenters. The normalized spacial score (nSPS) is 15.4. The maximum Gasteiger partial charge on any atom is 0.111 e. The van der Waals surface area contributed by atoms with Gasteiger partial charge in [0.25, 0.3) is 0 Å². The first-order valence-electron chi connectivity index (χ1n) is 6.21. The molecule has 0 spiro atoms. The maximum atomic E-state index is 11.0. The first-order valence-corrected chi connectivity index (χ1v) is 6.21. The molecule has 1 rings (SSSR count). The van der Waals surface area contributed by atoms with E-state index in [1.54, 1.807) is 6.20 Å². The lowest BCUT2D eigenvalue weighted by molar-refractivity contribution is -0.0720. The highest BCUT2D eigenvalue weighted by atomic mass is 16.3. The predicted octanol–water partition coefficient (Wildman–Crippen LogP) is 3.36. The Morgan fingerprint density at radius 1 is 1.25 bits per heavy atom. The Morgan fingerprint density at radius 3 is 2.25 bits per heavy atom. The van der Waals surface area contributed by atoms with E-state index in [1.165, 1.54) is 0 Å². The Hall–Kier alpha value is -0.890. The third-order valence-corrected chi connectivity index (χ3v) is 3.56. The van der Waals surface area contributed by atoms with Crippen LogP contribution in [0.2, 0.25) is 0 Å². The SMILES string of the molecule is CCC(CC)[C@](O)(c1ccccn1)C(C)C. The van der Waals surface area contributed by atoms with Crippen molar-refractivity contribution in [2.45, 2.75) is 46.1 Å². The van der Waals surface area contributed by atoms with Crippen molar-refractivity contribution in [1.82, 2.24) is 4.98 Å². The third-order valence-electron chi connectivity index (χ3n) is 3.56. The van der Waals surface area contributed by atoms with Gasteiger partial charge >= 0.3 is 0 Å². The lowest BCUT2D eigenvalue weighted by atomic mass is 9.73. The second-order valence-corrected chi connectivity index (χ2v) is 4.71. The summed E-state index contributed by atoms with van der Waals surface area (Å²) < 4.78 is 0. The van der Waals surface area contributed by atoms with Crippen molar-refractivity contribution < 1.29 is 5.11 Å². The third kappa shape index (κ3) is 2.27. The fourth-order valence-corrected chi connectivity index (χ4v) is 2.49. The molecule has 90 valence electrons. The van der Waals surface area contributed by atoms with Crippen LogP contribution >= 0.6 is 0 Å². The van der Waals surface area contributed by atoms with Crippen LogP contribution in [0.3, 0.4) is 0 Å². The Labute approximate surface area is 98.7 Å². The minimum Gasteiger partial charge on any atom is -0.383 e. The summed E-state index contributed by atoms with van der Waals surface area (Å²) in [5, 5.41) is 11.0. The van der Waals surface area contributed by atoms with Crippen molar-refractivity contribution in [3.05, 3.63) is 30.1 Å². The van der Waals surface area contributed by atoms with Crippen LogP contribution in [0.5, 0.6) is 0 Å². The zero-order valence-electron chi connectivity index (χ0n) is 10.8. The molecule has 1 heterocycles. The van der Waals surface area contributed by atoms with Crippen molar-refractivity contribution in [3.63, 3.8) is 0 Å². The summed E-state index contributed by atoms with van der Waals surface area (Å²) >= 11 is 0. The molecule has 1 aromatic rings. The van der Waals surface area contributed by atoms with Crippen molar-refractivity contribution >= 4 is 0 Å². The van der Waals surface area contributed by atoms with Crippen molar-refractivity contribution in [2.75, 3.05) is 0 Å². The van der Waals surface area contributed by atoms with E-state index < -0.39 is 5.60 Å². The smallest absolute Gasteiger partial charge is 0.111 e. The van der Waals surface area contributed by atoms with Crippen molar-refractivity contribution in [1.29, 1.82) is 0 Å². The Morgan fingerprint density at radius 2 is 1.88 bits per heavy atom. The molecule has 16 heavy (non-hydrogen) atoms. The molecule has 0 aromatic carbocycles. The summed E-state index contributed by atoms with van der Waals surface area (Å²) in [5.74, 6) is 0.440. The van der Waals surface area contributed by atoms with Gasteiger partial charge in [0.2, 0.25) is 0 Å². The first kappa shape index (κ1) is 13.2. The molecule has 1 N–H and O–H groups in total. The average Bonchev–Trinajstić information content (AvgIpc) is 2.31. The zero-order valence-corrected chi connectivity index (χ0v) is 10.8. The maximum absolute atomic E-state index is 11.0. The molecule has 2 heteroatoms.